The average Bonchev–Trinajstić information content (AvgIpc) is 2.11. The minimum Gasteiger partial charge on any atom is -0.307 e. The van der Waals surface area contributed by atoms with Gasteiger partial charge in [-0.3, -0.25) is 0 Å². The molecule has 1 aromatic rings. The van der Waals surface area contributed by atoms with E-state index < -0.39 is 0 Å². The van der Waals surface area contributed by atoms with Gasteiger partial charge in [0, 0.05) is 12.1 Å². The van der Waals surface area contributed by atoms with Crippen LogP contribution in [-0.2, 0) is 0 Å². The van der Waals surface area contributed by atoms with Crippen LogP contribution in [0.5, 0.6) is 0 Å². The molecule has 0 bridgehead atoms. The molecule has 0 spiro atoms. The summed E-state index contributed by atoms with van der Waals surface area (Å²) in [6, 6.07) is 10.0. The van der Waals surface area contributed by atoms with Crippen LogP contribution < -0.4 is 5.32 Å². The second kappa shape index (κ2) is 4.14. The Morgan fingerprint density at radius 2 is 2.14 bits per heavy atom. The molecule has 0 radical (unpaired) electrons. The minimum atomic E-state index is 0.500. The van der Waals surface area contributed by atoms with Gasteiger partial charge in [0.2, 0.25) is 0 Å². The number of nitrogens with one attached hydrogen (secondary N) is 1. The van der Waals surface area contributed by atoms with Crippen molar-refractivity contribution in [3.8, 4) is 0 Å². The molecule has 0 saturated heterocycles. The van der Waals surface area contributed by atoms with Crippen molar-refractivity contribution in [2.75, 3.05) is 0 Å². The summed E-state index contributed by atoms with van der Waals surface area (Å²) < 4.78 is 0. The van der Waals surface area contributed by atoms with Crippen molar-refractivity contribution < 1.29 is 0 Å². The Labute approximate surface area is 86.5 Å². The molecule has 1 aliphatic rings. The quantitative estimate of drug-likeness (QED) is 0.770. The van der Waals surface area contributed by atoms with Crippen LogP contribution in [0.25, 0.3) is 0 Å². The molecule has 0 amide bonds. The zero-order chi connectivity index (χ0) is 9.97. The van der Waals surface area contributed by atoms with Gasteiger partial charge in [-0.25, -0.2) is 0 Å². The van der Waals surface area contributed by atoms with Gasteiger partial charge in [-0.2, -0.15) is 0 Å². The van der Waals surface area contributed by atoms with Gasteiger partial charge in [0.15, 0.2) is 0 Å². The lowest BCUT2D eigenvalue weighted by atomic mass is 9.91. The first-order valence-corrected chi connectivity index (χ1v) is 5.58. The summed E-state index contributed by atoms with van der Waals surface area (Å²) in [5.41, 5.74) is 2.77. The van der Waals surface area contributed by atoms with Crippen molar-refractivity contribution in [1.29, 1.82) is 0 Å². The summed E-state index contributed by atoms with van der Waals surface area (Å²) in [6.07, 6.45) is 4.12. The van der Waals surface area contributed by atoms with Crippen LogP contribution in [-0.4, -0.2) is 6.04 Å². The Kier molecular flexibility index (Phi) is 2.87. The molecular weight excluding hydrogens is 170 g/mol. The first-order chi connectivity index (χ1) is 6.75. The van der Waals surface area contributed by atoms with Crippen LogP contribution in [0.3, 0.4) is 0 Å². The largest absolute Gasteiger partial charge is 0.307 e. The maximum Gasteiger partial charge on any atom is 0.0294 e. The van der Waals surface area contributed by atoms with Crippen LogP contribution in [0.4, 0.5) is 0 Å². The predicted octanol–water partition coefficient (Wildman–Crippen LogP) is 3.20. The van der Waals surface area contributed by atoms with E-state index in [0.717, 1.165) is 6.04 Å². The van der Waals surface area contributed by atoms with E-state index >= 15 is 0 Å². The van der Waals surface area contributed by atoms with Gasteiger partial charge in [0.1, 0.15) is 0 Å². The summed E-state index contributed by atoms with van der Waals surface area (Å²) in [6.45, 7) is 4.41. The molecule has 76 valence electrons. The number of hydrogen-bond donors (Lipinski definition) is 1. The van der Waals surface area contributed by atoms with E-state index in [1.165, 1.54) is 30.4 Å². The molecule has 2 rings (SSSR count). The first-order valence-electron chi connectivity index (χ1n) is 5.58. The van der Waals surface area contributed by atoms with Crippen molar-refractivity contribution in [2.45, 2.75) is 45.2 Å². The molecule has 1 nitrogen and oxygen atoms in total. The summed E-state index contributed by atoms with van der Waals surface area (Å²) in [7, 11) is 0. The third kappa shape index (κ3) is 2.16. The fourth-order valence-corrected chi connectivity index (χ4v) is 1.96. The van der Waals surface area contributed by atoms with Crippen LogP contribution >= 0.6 is 0 Å². The Hall–Kier alpha value is -0.820. The lowest BCUT2D eigenvalue weighted by Crippen LogP contribution is -2.36. The zero-order valence-electron chi connectivity index (χ0n) is 9.09. The maximum absolute atomic E-state index is 3.66. The van der Waals surface area contributed by atoms with Crippen molar-refractivity contribution in [3.63, 3.8) is 0 Å². The predicted molar refractivity (Wildman–Crippen MR) is 60.4 cm³/mol. The van der Waals surface area contributed by atoms with Crippen LogP contribution in [0.15, 0.2) is 24.3 Å². The summed E-state index contributed by atoms with van der Waals surface area (Å²) in [5, 5.41) is 3.66. The monoisotopic (exact) mass is 189 g/mol. The van der Waals surface area contributed by atoms with Gasteiger partial charge in [0.05, 0.1) is 0 Å². The topological polar surface area (TPSA) is 12.0 Å². The smallest absolute Gasteiger partial charge is 0.0294 e. The number of benzene rings is 1. The van der Waals surface area contributed by atoms with Gasteiger partial charge in [0.25, 0.3) is 0 Å². The fraction of sp³-hybridized carbons (Fsp3) is 0.538. The zero-order valence-corrected chi connectivity index (χ0v) is 9.09. The SMILES string of the molecule is Cc1cccc([C@@H](C)NC2CCC2)c1. The Morgan fingerprint density at radius 1 is 1.36 bits per heavy atom. The molecular formula is C13H19N. The Morgan fingerprint density at radius 3 is 2.71 bits per heavy atom. The highest BCUT2D eigenvalue weighted by atomic mass is 15.0. The van der Waals surface area contributed by atoms with Gasteiger partial charge < -0.3 is 5.32 Å². The standard InChI is InChI=1S/C13H19N/c1-10-5-3-6-12(9-10)11(2)14-13-7-4-8-13/h3,5-6,9,11,13-14H,4,7-8H2,1-2H3/t11-/m1/s1. The van der Waals surface area contributed by atoms with E-state index in [1.807, 2.05) is 0 Å². The molecule has 1 heteroatoms. The Bertz CT molecular complexity index is 302. The first kappa shape index (κ1) is 9.72. The molecule has 0 heterocycles. The number of rotatable bonds is 3. The highest BCUT2D eigenvalue weighted by Gasteiger charge is 2.19. The molecule has 0 unspecified atom stereocenters. The van der Waals surface area contributed by atoms with Gasteiger partial charge in [-0.15, -0.1) is 0 Å². The minimum absolute atomic E-state index is 0.500. The molecule has 0 aliphatic heterocycles. The molecule has 1 atom stereocenters. The molecule has 1 saturated carbocycles. The fourth-order valence-electron chi connectivity index (χ4n) is 1.96. The van der Waals surface area contributed by atoms with Crippen molar-refractivity contribution in [2.24, 2.45) is 0 Å². The summed E-state index contributed by atoms with van der Waals surface area (Å²) >= 11 is 0. The molecule has 1 fully saturated rings. The molecule has 0 aromatic heterocycles. The van der Waals surface area contributed by atoms with Crippen LogP contribution in [0.1, 0.15) is 43.4 Å². The highest BCUT2D eigenvalue weighted by molar-refractivity contribution is 5.24. The van der Waals surface area contributed by atoms with E-state index in [2.05, 4.69) is 43.4 Å². The van der Waals surface area contributed by atoms with E-state index in [9.17, 15) is 0 Å². The molecule has 1 N–H and O–H groups in total. The van der Waals surface area contributed by atoms with E-state index in [4.69, 9.17) is 0 Å². The summed E-state index contributed by atoms with van der Waals surface area (Å²) in [4.78, 5) is 0. The summed E-state index contributed by atoms with van der Waals surface area (Å²) in [5.74, 6) is 0. The number of hydrogen-bond acceptors (Lipinski definition) is 1. The highest BCUT2D eigenvalue weighted by Crippen LogP contribution is 2.22. The van der Waals surface area contributed by atoms with E-state index in [0.29, 0.717) is 6.04 Å². The van der Waals surface area contributed by atoms with E-state index in [-0.39, 0.29) is 0 Å². The van der Waals surface area contributed by atoms with Gasteiger partial charge in [-0.05, 0) is 32.3 Å². The van der Waals surface area contributed by atoms with Gasteiger partial charge in [-0.1, -0.05) is 36.2 Å². The Balaban J connectivity index is 1.98. The third-order valence-corrected chi connectivity index (χ3v) is 3.13. The average molecular weight is 189 g/mol. The number of aryl methyl sites for hydroxylation is 1. The normalized spacial score (nSPS) is 19.0. The maximum atomic E-state index is 3.66. The lowest BCUT2D eigenvalue weighted by Gasteiger charge is -2.30. The second-order valence-electron chi connectivity index (χ2n) is 4.43. The molecule has 1 aromatic carbocycles. The third-order valence-electron chi connectivity index (χ3n) is 3.13. The molecule has 1 aliphatic carbocycles. The van der Waals surface area contributed by atoms with E-state index in [1.54, 1.807) is 0 Å². The van der Waals surface area contributed by atoms with Crippen LogP contribution in [0.2, 0.25) is 0 Å². The lowest BCUT2D eigenvalue weighted by molar-refractivity contribution is 0.313. The van der Waals surface area contributed by atoms with Crippen LogP contribution in [0, 0.1) is 6.92 Å². The second-order valence-corrected chi connectivity index (χ2v) is 4.43. The molecule has 14 heavy (non-hydrogen) atoms. The van der Waals surface area contributed by atoms with Crippen molar-refractivity contribution in [1.82, 2.24) is 5.32 Å². The van der Waals surface area contributed by atoms with Gasteiger partial charge >= 0.3 is 0 Å². The van der Waals surface area contributed by atoms with Crippen molar-refractivity contribution in [3.05, 3.63) is 35.4 Å². The van der Waals surface area contributed by atoms with Crippen molar-refractivity contribution >= 4 is 0 Å².